The van der Waals surface area contributed by atoms with Crippen LogP contribution in [0.3, 0.4) is 0 Å². The third kappa shape index (κ3) is 3.08. The van der Waals surface area contributed by atoms with Gasteiger partial charge in [-0.05, 0) is 18.2 Å². The molecule has 3 nitrogen and oxygen atoms in total. The molecule has 0 fully saturated rings. The average molecular weight is 387 g/mol. The molecule has 0 saturated carbocycles. The van der Waals surface area contributed by atoms with Gasteiger partial charge < -0.3 is 9.47 Å². The molecule has 0 saturated heterocycles. The highest BCUT2D eigenvalue weighted by Crippen LogP contribution is 2.43. The lowest BCUT2D eigenvalue weighted by molar-refractivity contribution is -0.187. The quantitative estimate of drug-likeness (QED) is 0.562. The number of ether oxygens (including phenoxy) is 2. The van der Waals surface area contributed by atoms with Crippen molar-refractivity contribution in [1.82, 2.24) is 0 Å². The summed E-state index contributed by atoms with van der Waals surface area (Å²) in [7, 11) is 0.914. The van der Waals surface area contributed by atoms with Gasteiger partial charge in [-0.2, -0.15) is 13.2 Å². The van der Waals surface area contributed by atoms with E-state index in [1.54, 1.807) is 0 Å². The molecular weight excluding hydrogens is 379 g/mol. The molecule has 1 aliphatic heterocycles. The largest absolute Gasteiger partial charge is 0.475 e. The lowest BCUT2D eigenvalue weighted by atomic mass is 9.99. The highest BCUT2D eigenvalue weighted by Gasteiger charge is 2.49. The molecule has 1 aromatic carbocycles. The Labute approximate surface area is 129 Å². The Kier molecular flexibility index (Phi) is 4.46. The van der Waals surface area contributed by atoms with E-state index in [1.165, 1.54) is 6.07 Å². The molecule has 0 bridgehead atoms. The van der Waals surface area contributed by atoms with Gasteiger partial charge in [0.15, 0.2) is 0 Å². The van der Waals surface area contributed by atoms with Gasteiger partial charge in [0.2, 0.25) is 6.10 Å². The van der Waals surface area contributed by atoms with Crippen LogP contribution in [0.25, 0.3) is 6.08 Å². The number of carbonyl (C=O) groups is 1. The minimum atomic E-state index is -4.95. The second-order valence-electron chi connectivity index (χ2n) is 4.34. The molecule has 1 aliphatic rings. The fourth-order valence-corrected chi connectivity index (χ4v) is 2.49. The number of hydrogen-bond donors (Lipinski definition) is 0. The second-order valence-corrected chi connectivity index (χ2v) is 5.26. The highest BCUT2D eigenvalue weighted by atomic mass is 79.9. The first-order valence-corrected chi connectivity index (χ1v) is 6.59. The third-order valence-electron chi connectivity index (χ3n) is 2.89. The van der Waals surface area contributed by atoms with E-state index in [-0.39, 0.29) is 10.0 Å². The van der Waals surface area contributed by atoms with Gasteiger partial charge in [-0.15, -0.1) is 0 Å². The fraction of sp³-hybridized carbons (Fsp3) is 0.308. The van der Waals surface area contributed by atoms with Gasteiger partial charge in [0, 0.05) is 10.0 Å². The smallest absolute Gasteiger partial charge is 0.430 e. The van der Waals surface area contributed by atoms with Gasteiger partial charge in [-0.3, -0.25) is 0 Å². The molecule has 1 aromatic rings. The zero-order valence-electron chi connectivity index (χ0n) is 10.9. The Morgan fingerprint density at radius 1 is 1.36 bits per heavy atom. The Bertz CT molecular complexity index is 639. The van der Waals surface area contributed by atoms with Crippen molar-refractivity contribution < 1.29 is 36.2 Å². The van der Waals surface area contributed by atoms with Gasteiger partial charge in [0.25, 0.3) is 6.43 Å². The van der Waals surface area contributed by atoms with E-state index < -0.39 is 41.6 Å². The summed E-state index contributed by atoms with van der Waals surface area (Å²) in [5.41, 5.74) is -1.56. The number of benzene rings is 1. The van der Waals surface area contributed by atoms with E-state index in [4.69, 9.17) is 0 Å². The number of hydrogen-bond acceptors (Lipinski definition) is 3. The highest BCUT2D eigenvalue weighted by molar-refractivity contribution is 9.10. The Hall–Kier alpha value is -1.64. The predicted octanol–water partition coefficient (Wildman–Crippen LogP) is 4.27. The minimum absolute atomic E-state index is 0.0643. The lowest BCUT2D eigenvalue weighted by Crippen LogP contribution is -2.40. The summed E-state index contributed by atoms with van der Waals surface area (Å²) in [4.78, 5) is 11.5. The van der Waals surface area contributed by atoms with Crippen LogP contribution in [0, 0.1) is 0 Å². The first-order chi connectivity index (χ1) is 10.1. The van der Waals surface area contributed by atoms with E-state index in [9.17, 15) is 26.7 Å². The Morgan fingerprint density at radius 3 is 2.50 bits per heavy atom. The van der Waals surface area contributed by atoms with Crippen molar-refractivity contribution in [3.05, 3.63) is 33.3 Å². The van der Waals surface area contributed by atoms with Crippen LogP contribution in [0.1, 0.15) is 17.6 Å². The molecule has 9 heteroatoms. The maximum atomic E-state index is 13.0. The van der Waals surface area contributed by atoms with Gasteiger partial charge in [-0.1, -0.05) is 15.9 Å². The lowest BCUT2D eigenvalue weighted by Gasteiger charge is -2.29. The topological polar surface area (TPSA) is 35.5 Å². The maximum Gasteiger partial charge on any atom is 0.430 e. The van der Waals surface area contributed by atoms with E-state index in [0.717, 1.165) is 19.3 Å². The first kappa shape index (κ1) is 16.7. The first-order valence-electron chi connectivity index (χ1n) is 5.80. The third-order valence-corrected chi connectivity index (χ3v) is 3.35. The number of esters is 1. The van der Waals surface area contributed by atoms with Gasteiger partial charge in [-0.25, -0.2) is 13.6 Å². The predicted molar refractivity (Wildman–Crippen MR) is 69.6 cm³/mol. The summed E-state index contributed by atoms with van der Waals surface area (Å²) in [6.45, 7) is 0. The van der Waals surface area contributed by atoms with Crippen LogP contribution < -0.4 is 4.74 Å². The summed E-state index contributed by atoms with van der Waals surface area (Å²) < 4.78 is 74.2. The molecule has 0 aliphatic carbocycles. The summed E-state index contributed by atoms with van der Waals surface area (Å²) >= 11 is 2.98. The zero-order chi connectivity index (χ0) is 16.7. The molecule has 1 atom stereocenters. The molecule has 22 heavy (non-hydrogen) atoms. The van der Waals surface area contributed by atoms with Crippen LogP contribution in [-0.4, -0.2) is 25.4 Å². The van der Waals surface area contributed by atoms with Crippen LogP contribution in [-0.2, 0) is 9.53 Å². The monoisotopic (exact) mass is 386 g/mol. The molecule has 0 unspecified atom stereocenters. The molecule has 0 amide bonds. The van der Waals surface area contributed by atoms with E-state index in [1.807, 2.05) is 0 Å². The molecule has 0 spiro atoms. The van der Waals surface area contributed by atoms with Crippen molar-refractivity contribution in [3.63, 3.8) is 0 Å². The molecule has 2 rings (SSSR count). The van der Waals surface area contributed by atoms with Crippen molar-refractivity contribution in [3.8, 4) is 5.75 Å². The van der Waals surface area contributed by atoms with Crippen LogP contribution in [0.4, 0.5) is 22.0 Å². The van der Waals surface area contributed by atoms with E-state index in [0.29, 0.717) is 0 Å². The van der Waals surface area contributed by atoms with Crippen molar-refractivity contribution in [1.29, 1.82) is 0 Å². The van der Waals surface area contributed by atoms with Gasteiger partial charge >= 0.3 is 12.1 Å². The van der Waals surface area contributed by atoms with Crippen LogP contribution >= 0.6 is 15.9 Å². The fourth-order valence-electron chi connectivity index (χ4n) is 1.99. The molecule has 0 N–H and O–H groups in total. The van der Waals surface area contributed by atoms with Crippen LogP contribution in [0.2, 0.25) is 0 Å². The maximum absolute atomic E-state index is 13.0. The van der Waals surface area contributed by atoms with Gasteiger partial charge in [0.1, 0.15) is 5.75 Å². The minimum Gasteiger partial charge on any atom is -0.475 e. The molecule has 0 radical (unpaired) electrons. The van der Waals surface area contributed by atoms with Crippen molar-refractivity contribution in [2.75, 3.05) is 7.11 Å². The molecule has 1 heterocycles. The zero-order valence-corrected chi connectivity index (χ0v) is 12.5. The van der Waals surface area contributed by atoms with Crippen LogP contribution in [0.15, 0.2) is 22.2 Å². The number of halogens is 6. The molecular formula is C13H8BrF5O3. The Morgan fingerprint density at radius 2 is 2.00 bits per heavy atom. The summed E-state index contributed by atoms with van der Waals surface area (Å²) in [5, 5.41) is 0. The van der Waals surface area contributed by atoms with E-state index >= 15 is 0 Å². The number of alkyl halides is 5. The summed E-state index contributed by atoms with van der Waals surface area (Å²) in [6.07, 6.45) is -9.80. The number of methoxy groups -OCH3 is 1. The van der Waals surface area contributed by atoms with Crippen molar-refractivity contribution in [2.45, 2.75) is 18.7 Å². The van der Waals surface area contributed by atoms with Crippen molar-refractivity contribution >= 4 is 28.0 Å². The Balaban J connectivity index is 2.65. The van der Waals surface area contributed by atoms with Gasteiger partial charge in [0.05, 0.1) is 18.2 Å². The molecule has 0 aromatic heterocycles. The van der Waals surface area contributed by atoms with E-state index in [2.05, 4.69) is 25.4 Å². The van der Waals surface area contributed by atoms with Crippen LogP contribution in [0.5, 0.6) is 5.75 Å². The SMILES string of the molecule is COC(=O)C1=Cc2cc(Br)cc(C(F)F)c2O[C@@H]1C(F)(F)F. The van der Waals surface area contributed by atoms with Crippen molar-refractivity contribution in [2.24, 2.45) is 0 Å². The average Bonchev–Trinajstić information content (AvgIpc) is 2.42. The standard InChI is InChI=1S/C13H8BrF5O3/c1-21-12(20)8-3-5-2-6(14)4-7(11(15)16)9(5)22-10(8)13(17,18)19/h2-4,10-11H,1H3/t10-/m0/s1. The number of rotatable bonds is 2. The molecule has 120 valence electrons. The second kappa shape index (κ2) is 5.86. The normalized spacial score (nSPS) is 17.6. The summed E-state index contributed by atoms with van der Waals surface area (Å²) in [5.74, 6) is -1.85. The number of carbonyl (C=O) groups excluding carboxylic acids is 1. The number of fused-ring (bicyclic) bond motifs is 1. The summed E-state index contributed by atoms with van der Waals surface area (Å²) in [6, 6.07) is 2.24.